The van der Waals surface area contributed by atoms with Crippen LogP contribution >= 0.6 is 0 Å². The molecule has 1 fully saturated rings. The zero-order valence-electron chi connectivity index (χ0n) is 22.8. The fourth-order valence-corrected chi connectivity index (χ4v) is 5.92. The summed E-state index contributed by atoms with van der Waals surface area (Å²) in [6, 6.07) is 31.0. The topological polar surface area (TPSA) is 66.8 Å². The third kappa shape index (κ3) is 5.22. The number of rotatable bonds is 6. The first-order valence-electron chi connectivity index (χ1n) is 14.2. The molecule has 0 aliphatic carbocycles. The number of fused-ring (bicyclic) bond motifs is 1. The van der Waals surface area contributed by atoms with Crippen LogP contribution in [0.2, 0.25) is 0 Å². The maximum Gasteiger partial charge on any atom is 0.257 e. The van der Waals surface area contributed by atoms with Crippen molar-refractivity contribution < 1.29 is 0 Å². The van der Waals surface area contributed by atoms with Crippen molar-refractivity contribution in [3.05, 3.63) is 137 Å². The minimum Gasteiger partial charge on any atom is -0.328 e. The van der Waals surface area contributed by atoms with Crippen LogP contribution < -0.4 is 5.56 Å². The minimum atomic E-state index is -0.122. The lowest BCUT2D eigenvalue weighted by Crippen LogP contribution is -2.32. The molecule has 0 spiro atoms. The molecule has 6 nitrogen and oxygen atoms in total. The largest absolute Gasteiger partial charge is 0.328 e. The van der Waals surface area contributed by atoms with Crippen LogP contribution in [-0.4, -0.2) is 37.5 Å². The summed E-state index contributed by atoms with van der Waals surface area (Å²) >= 11 is 0. The first-order valence-corrected chi connectivity index (χ1v) is 14.2. The molecule has 6 heteroatoms. The molecule has 5 heterocycles. The third-order valence-electron chi connectivity index (χ3n) is 8.16. The van der Waals surface area contributed by atoms with Gasteiger partial charge in [0.2, 0.25) is 0 Å². The highest BCUT2D eigenvalue weighted by Gasteiger charge is 2.22. The third-order valence-corrected chi connectivity index (χ3v) is 8.16. The Hall–Kier alpha value is -4.81. The first-order chi connectivity index (χ1) is 20.2. The summed E-state index contributed by atoms with van der Waals surface area (Å²) in [6.07, 6.45) is 10.2. The quantitative estimate of drug-likeness (QED) is 0.253. The van der Waals surface area contributed by atoms with Gasteiger partial charge >= 0.3 is 0 Å². The van der Waals surface area contributed by atoms with Crippen LogP contribution in [0, 0.1) is 0 Å². The van der Waals surface area contributed by atoms with E-state index in [0.29, 0.717) is 16.8 Å². The highest BCUT2D eigenvalue weighted by molar-refractivity contribution is 5.91. The number of hydrogen-bond acceptors (Lipinski definition) is 4. The van der Waals surface area contributed by atoms with Crippen molar-refractivity contribution in [3.8, 4) is 28.2 Å². The highest BCUT2D eigenvalue weighted by atomic mass is 16.1. The van der Waals surface area contributed by atoms with E-state index in [9.17, 15) is 4.79 Å². The van der Waals surface area contributed by atoms with Gasteiger partial charge in [-0.15, -0.1) is 0 Å². The molecular weight excluding hydrogens is 506 g/mol. The van der Waals surface area contributed by atoms with Gasteiger partial charge < -0.3 is 9.55 Å². The van der Waals surface area contributed by atoms with E-state index in [2.05, 4.69) is 74.3 Å². The molecule has 0 saturated carbocycles. The maximum absolute atomic E-state index is 12.5. The molecule has 7 rings (SSSR count). The molecule has 1 N–H and O–H groups in total. The molecule has 0 bridgehead atoms. The van der Waals surface area contributed by atoms with Gasteiger partial charge in [-0.3, -0.25) is 9.69 Å². The second-order valence-corrected chi connectivity index (χ2v) is 10.8. The second-order valence-electron chi connectivity index (χ2n) is 10.8. The Morgan fingerprint density at radius 3 is 2.44 bits per heavy atom. The zero-order chi connectivity index (χ0) is 27.6. The number of H-pyrrole nitrogens is 1. The molecular formula is C35H31N5O. The molecule has 2 aromatic carbocycles. The van der Waals surface area contributed by atoms with Gasteiger partial charge in [0.15, 0.2) is 0 Å². The van der Waals surface area contributed by atoms with Gasteiger partial charge in [-0.2, -0.15) is 0 Å². The van der Waals surface area contributed by atoms with Crippen LogP contribution in [0.3, 0.4) is 0 Å². The molecule has 1 aliphatic rings. The van der Waals surface area contributed by atoms with E-state index in [1.807, 2.05) is 54.7 Å². The van der Waals surface area contributed by atoms with Gasteiger partial charge in [-0.05, 0) is 78.9 Å². The van der Waals surface area contributed by atoms with Gasteiger partial charge in [-0.1, -0.05) is 60.7 Å². The lowest BCUT2D eigenvalue weighted by molar-refractivity contribution is 0.204. The summed E-state index contributed by atoms with van der Waals surface area (Å²) in [4.78, 5) is 27.2. The van der Waals surface area contributed by atoms with Gasteiger partial charge in [0.1, 0.15) is 5.82 Å². The molecule has 1 saturated heterocycles. The standard InChI is InChI=1S/C35H31N5O/c41-35-31-22-30(27-6-2-1-3-7-27)34(38-32(31)13-18-37-35)28-11-9-25(10-12-28)23-39-19-14-26(15-20-39)29-16-21-40(24-29)33-8-4-5-17-36-33/h1-13,16-18,21-22,24,26H,14-15,19-20,23H2,(H,37,41). The highest BCUT2D eigenvalue weighted by Crippen LogP contribution is 2.33. The Morgan fingerprint density at radius 1 is 0.854 bits per heavy atom. The average molecular weight is 538 g/mol. The molecule has 0 amide bonds. The molecule has 41 heavy (non-hydrogen) atoms. The summed E-state index contributed by atoms with van der Waals surface area (Å²) in [5.41, 5.74) is 7.22. The van der Waals surface area contributed by atoms with Crippen LogP contribution in [-0.2, 0) is 6.54 Å². The van der Waals surface area contributed by atoms with Gasteiger partial charge in [0.25, 0.3) is 5.56 Å². The number of aromatic nitrogens is 4. The number of benzene rings is 2. The number of aromatic amines is 1. The lowest BCUT2D eigenvalue weighted by atomic mass is 9.91. The smallest absolute Gasteiger partial charge is 0.257 e. The van der Waals surface area contributed by atoms with Gasteiger partial charge in [-0.25, -0.2) is 9.97 Å². The summed E-state index contributed by atoms with van der Waals surface area (Å²) in [5.74, 6) is 1.55. The Labute approximate surface area is 239 Å². The van der Waals surface area contributed by atoms with Crippen molar-refractivity contribution in [2.45, 2.75) is 25.3 Å². The number of pyridine rings is 3. The lowest BCUT2D eigenvalue weighted by Gasteiger charge is -2.31. The maximum atomic E-state index is 12.5. The van der Waals surface area contributed by atoms with E-state index >= 15 is 0 Å². The predicted molar refractivity (Wildman–Crippen MR) is 164 cm³/mol. The fraction of sp³-hybridized carbons (Fsp3) is 0.171. The second kappa shape index (κ2) is 11.0. The van der Waals surface area contributed by atoms with Crippen molar-refractivity contribution >= 4 is 10.9 Å². The van der Waals surface area contributed by atoms with Crippen LogP contribution in [0.4, 0.5) is 0 Å². The van der Waals surface area contributed by atoms with Crippen molar-refractivity contribution in [2.24, 2.45) is 0 Å². The van der Waals surface area contributed by atoms with Crippen LogP contribution in [0.1, 0.15) is 29.9 Å². The number of nitrogens with zero attached hydrogens (tertiary/aromatic N) is 4. The van der Waals surface area contributed by atoms with E-state index in [-0.39, 0.29) is 5.56 Å². The summed E-state index contributed by atoms with van der Waals surface area (Å²) in [6.45, 7) is 3.11. The van der Waals surface area contributed by atoms with Gasteiger partial charge in [0.05, 0.1) is 16.6 Å². The monoisotopic (exact) mass is 537 g/mol. The Kier molecular flexibility index (Phi) is 6.75. The van der Waals surface area contributed by atoms with Crippen molar-refractivity contribution in [1.82, 2.24) is 24.4 Å². The molecule has 0 unspecified atom stereocenters. The van der Waals surface area contributed by atoms with Crippen molar-refractivity contribution in [3.63, 3.8) is 0 Å². The molecule has 0 atom stereocenters. The summed E-state index contributed by atoms with van der Waals surface area (Å²) in [5, 5.41) is 0.600. The van der Waals surface area contributed by atoms with Crippen LogP contribution in [0.25, 0.3) is 39.1 Å². The number of nitrogens with one attached hydrogen (secondary N) is 1. The summed E-state index contributed by atoms with van der Waals surface area (Å²) < 4.78 is 2.12. The van der Waals surface area contributed by atoms with E-state index < -0.39 is 0 Å². The Balaban J connectivity index is 1.06. The normalized spacial score (nSPS) is 14.4. The minimum absolute atomic E-state index is 0.122. The number of piperidine rings is 1. The van der Waals surface area contributed by atoms with Crippen molar-refractivity contribution in [1.29, 1.82) is 0 Å². The van der Waals surface area contributed by atoms with E-state index in [1.165, 1.54) is 11.1 Å². The fourth-order valence-electron chi connectivity index (χ4n) is 5.92. The van der Waals surface area contributed by atoms with Crippen molar-refractivity contribution in [2.75, 3.05) is 13.1 Å². The average Bonchev–Trinajstić information content (AvgIpc) is 3.53. The molecule has 6 aromatic rings. The summed E-state index contributed by atoms with van der Waals surface area (Å²) in [7, 11) is 0. The number of likely N-dealkylation sites (tertiary alicyclic amines) is 1. The SMILES string of the molecule is O=c1[nH]ccc2nc(-c3ccc(CN4CCC(c5ccn(-c6ccccn6)c5)CC4)cc3)c(-c3ccccc3)cc12. The zero-order valence-corrected chi connectivity index (χ0v) is 22.8. The number of hydrogen-bond donors (Lipinski definition) is 1. The molecule has 1 aliphatic heterocycles. The Bertz CT molecular complexity index is 1830. The molecule has 202 valence electrons. The van der Waals surface area contributed by atoms with E-state index in [0.717, 1.165) is 60.7 Å². The predicted octanol–water partition coefficient (Wildman–Crippen LogP) is 6.82. The molecule has 0 radical (unpaired) electrons. The van der Waals surface area contributed by atoms with Gasteiger partial charge in [0, 0.05) is 42.5 Å². The van der Waals surface area contributed by atoms with Crippen LogP contribution in [0.5, 0.6) is 0 Å². The van der Waals surface area contributed by atoms with E-state index in [1.54, 1.807) is 6.20 Å². The van der Waals surface area contributed by atoms with Crippen LogP contribution in [0.15, 0.2) is 121 Å². The first kappa shape index (κ1) is 25.2. The van der Waals surface area contributed by atoms with E-state index in [4.69, 9.17) is 4.98 Å². The molecule has 4 aromatic heterocycles. The Morgan fingerprint density at radius 2 is 1.66 bits per heavy atom.